The van der Waals surface area contributed by atoms with E-state index < -0.39 is 0 Å². The highest BCUT2D eigenvalue weighted by Crippen LogP contribution is 2.29. The van der Waals surface area contributed by atoms with Gasteiger partial charge in [-0.3, -0.25) is 10.8 Å². The highest BCUT2D eigenvalue weighted by Gasteiger charge is 2.16. The second kappa shape index (κ2) is 6.83. The number of nitrogens with zero attached hydrogens (tertiary/aromatic N) is 1. The van der Waals surface area contributed by atoms with Gasteiger partial charge in [0, 0.05) is 10.7 Å². The average molecular weight is 336 g/mol. The molecule has 2 aromatic rings. The summed E-state index contributed by atoms with van der Waals surface area (Å²) in [4.78, 5) is 4.23. The monoisotopic (exact) mass is 335 g/mol. The summed E-state index contributed by atoms with van der Waals surface area (Å²) in [6.45, 7) is 3.97. The first-order valence-corrected chi connectivity index (χ1v) is 7.23. The predicted molar refractivity (Wildman–Crippen MR) is 83.3 cm³/mol. The number of nitrogens with two attached hydrogens (primary N) is 1. The SMILES string of the molecule is CC(C)Oc1cncc(C(NN)c2ccccc2Br)c1. The molecule has 0 amide bonds. The lowest BCUT2D eigenvalue weighted by atomic mass is 10.0. The summed E-state index contributed by atoms with van der Waals surface area (Å²) in [6.07, 6.45) is 3.61. The number of benzene rings is 1. The molecule has 0 aliphatic heterocycles. The molecule has 1 aromatic carbocycles. The van der Waals surface area contributed by atoms with Crippen molar-refractivity contribution in [3.63, 3.8) is 0 Å². The van der Waals surface area contributed by atoms with Crippen LogP contribution in [0.2, 0.25) is 0 Å². The molecular weight excluding hydrogens is 318 g/mol. The molecule has 1 unspecified atom stereocenters. The van der Waals surface area contributed by atoms with Gasteiger partial charge in [-0.1, -0.05) is 34.1 Å². The molecule has 1 atom stereocenters. The minimum Gasteiger partial charge on any atom is -0.489 e. The smallest absolute Gasteiger partial charge is 0.138 e. The normalized spacial score (nSPS) is 12.4. The van der Waals surface area contributed by atoms with Crippen LogP contribution in [0.25, 0.3) is 0 Å². The Kier molecular flexibility index (Phi) is 5.11. The molecule has 0 saturated carbocycles. The lowest BCUT2D eigenvalue weighted by molar-refractivity contribution is 0.241. The van der Waals surface area contributed by atoms with E-state index in [1.807, 2.05) is 44.2 Å². The van der Waals surface area contributed by atoms with Gasteiger partial charge < -0.3 is 4.74 Å². The van der Waals surface area contributed by atoms with E-state index in [2.05, 4.69) is 26.3 Å². The summed E-state index contributed by atoms with van der Waals surface area (Å²) in [5, 5.41) is 0. The van der Waals surface area contributed by atoms with E-state index in [1.54, 1.807) is 12.4 Å². The summed E-state index contributed by atoms with van der Waals surface area (Å²) in [6, 6.07) is 9.77. The number of hydrazine groups is 1. The zero-order chi connectivity index (χ0) is 14.5. The minimum absolute atomic E-state index is 0.111. The molecule has 5 heteroatoms. The fraction of sp³-hybridized carbons (Fsp3) is 0.267. The lowest BCUT2D eigenvalue weighted by Crippen LogP contribution is -2.29. The van der Waals surface area contributed by atoms with Gasteiger partial charge in [0.05, 0.1) is 18.3 Å². The number of rotatable bonds is 5. The van der Waals surface area contributed by atoms with Gasteiger partial charge in [0.2, 0.25) is 0 Å². The van der Waals surface area contributed by atoms with E-state index in [9.17, 15) is 0 Å². The van der Waals surface area contributed by atoms with Crippen LogP contribution in [0.1, 0.15) is 31.0 Å². The van der Waals surface area contributed by atoms with Gasteiger partial charge >= 0.3 is 0 Å². The van der Waals surface area contributed by atoms with Gasteiger partial charge in [-0.05, 0) is 37.1 Å². The molecule has 0 aliphatic rings. The Bertz CT molecular complexity index is 575. The highest BCUT2D eigenvalue weighted by molar-refractivity contribution is 9.10. The quantitative estimate of drug-likeness (QED) is 0.650. The Morgan fingerprint density at radius 1 is 1.25 bits per heavy atom. The third-order valence-electron chi connectivity index (χ3n) is 2.82. The van der Waals surface area contributed by atoms with Gasteiger partial charge in [-0.2, -0.15) is 0 Å². The Labute approximate surface area is 127 Å². The Hall–Kier alpha value is -1.43. The fourth-order valence-corrected chi connectivity index (χ4v) is 2.52. The highest BCUT2D eigenvalue weighted by atomic mass is 79.9. The van der Waals surface area contributed by atoms with Crippen molar-refractivity contribution in [2.75, 3.05) is 0 Å². The maximum atomic E-state index is 5.72. The second-order valence-electron chi connectivity index (χ2n) is 4.74. The molecule has 0 radical (unpaired) electrons. The van der Waals surface area contributed by atoms with Gasteiger partial charge in [0.1, 0.15) is 5.75 Å². The summed E-state index contributed by atoms with van der Waals surface area (Å²) in [5.41, 5.74) is 4.84. The van der Waals surface area contributed by atoms with Crippen LogP contribution < -0.4 is 16.0 Å². The van der Waals surface area contributed by atoms with E-state index in [1.165, 1.54) is 0 Å². The van der Waals surface area contributed by atoms with Gasteiger partial charge in [0.25, 0.3) is 0 Å². The largest absolute Gasteiger partial charge is 0.489 e. The standard InChI is InChI=1S/C15H18BrN3O/c1-10(2)20-12-7-11(8-18-9-12)15(19-17)13-5-3-4-6-14(13)16/h3-10,15,19H,17H2,1-2H3. The van der Waals surface area contributed by atoms with Crippen LogP contribution >= 0.6 is 15.9 Å². The molecule has 4 nitrogen and oxygen atoms in total. The summed E-state index contributed by atoms with van der Waals surface area (Å²) in [5.74, 6) is 6.46. The molecule has 106 valence electrons. The summed E-state index contributed by atoms with van der Waals surface area (Å²) >= 11 is 3.55. The van der Waals surface area contributed by atoms with Crippen LogP contribution in [0.3, 0.4) is 0 Å². The van der Waals surface area contributed by atoms with E-state index in [0.29, 0.717) is 0 Å². The zero-order valence-electron chi connectivity index (χ0n) is 11.5. The van der Waals surface area contributed by atoms with Crippen molar-refractivity contribution in [2.24, 2.45) is 5.84 Å². The zero-order valence-corrected chi connectivity index (χ0v) is 13.1. The van der Waals surface area contributed by atoms with Crippen molar-refractivity contribution in [1.29, 1.82) is 0 Å². The summed E-state index contributed by atoms with van der Waals surface area (Å²) in [7, 11) is 0. The van der Waals surface area contributed by atoms with E-state index in [4.69, 9.17) is 10.6 Å². The number of ether oxygens (including phenoxy) is 1. The molecule has 0 fully saturated rings. The fourth-order valence-electron chi connectivity index (χ4n) is 2.00. The average Bonchev–Trinajstić information content (AvgIpc) is 2.41. The number of pyridine rings is 1. The van der Waals surface area contributed by atoms with Crippen molar-refractivity contribution >= 4 is 15.9 Å². The lowest BCUT2D eigenvalue weighted by Gasteiger charge is -2.19. The number of halogens is 1. The first-order valence-electron chi connectivity index (χ1n) is 6.44. The molecule has 0 aliphatic carbocycles. The molecule has 20 heavy (non-hydrogen) atoms. The molecule has 1 heterocycles. The molecule has 0 spiro atoms. The van der Waals surface area contributed by atoms with Crippen molar-refractivity contribution in [2.45, 2.75) is 26.0 Å². The number of hydrogen-bond donors (Lipinski definition) is 2. The maximum absolute atomic E-state index is 5.72. The molecule has 2 rings (SSSR count). The Morgan fingerprint density at radius 2 is 2.00 bits per heavy atom. The van der Waals surface area contributed by atoms with Crippen LogP contribution in [-0.2, 0) is 0 Å². The van der Waals surface area contributed by atoms with Crippen molar-refractivity contribution < 1.29 is 4.74 Å². The van der Waals surface area contributed by atoms with E-state index >= 15 is 0 Å². The van der Waals surface area contributed by atoms with Crippen LogP contribution in [0.4, 0.5) is 0 Å². The number of nitrogens with one attached hydrogen (secondary N) is 1. The minimum atomic E-state index is -0.145. The topological polar surface area (TPSA) is 60.2 Å². The van der Waals surface area contributed by atoms with Gasteiger partial charge in [-0.15, -0.1) is 0 Å². The Morgan fingerprint density at radius 3 is 2.65 bits per heavy atom. The van der Waals surface area contributed by atoms with Crippen LogP contribution in [0.5, 0.6) is 5.75 Å². The first-order chi connectivity index (χ1) is 9.61. The van der Waals surface area contributed by atoms with Crippen LogP contribution in [0, 0.1) is 0 Å². The van der Waals surface area contributed by atoms with E-state index in [0.717, 1.165) is 21.3 Å². The summed E-state index contributed by atoms with van der Waals surface area (Å²) < 4.78 is 6.67. The molecule has 0 bridgehead atoms. The Balaban J connectivity index is 2.35. The van der Waals surface area contributed by atoms with Crippen molar-refractivity contribution in [1.82, 2.24) is 10.4 Å². The molecular formula is C15H18BrN3O. The van der Waals surface area contributed by atoms with Crippen molar-refractivity contribution in [3.05, 3.63) is 58.3 Å². The van der Waals surface area contributed by atoms with Gasteiger partial charge in [0.15, 0.2) is 0 Å². The molecule has 1 aromatic heterocycles. The van der Waals surface area contributed by atoms with E-state index in [-0.39, 0.29) is 12.1 Å². The number of hydrogen-bond acceptors (Lipinski definition) is 4. The van der Waals surface area contributed by atoms with Gasteiger partial charge in [-0.25, -0.2) is 5.43 Å². The third kappa shape index (κ3) is 3.56. The molecule has 3 N–H and O–H groups in total. The molecule has 0 saturated heterocycles. The predicted octanol–water partition coefficient (Wildman–Crippen LogP) is 3.18. The first kappa shape index (κ1) is 15.0. The van der Waals surface area contributed by atoms with Crippen molar-refractivity contribution in [3.8, 4) is 5.75 Å². The third-order valence-corrected chi connectivity index (χ3v) is 3.54. The second-order valence-corrected chi connectivity index (χ2v) is 5.60. The van der Waals surface area contributed by atoms with Crippen LogP contribution in [-0.4, -0.2) is 11.1 Å². The number of aromatic nitrogens is 1. The van der Waals surface area contributed by atoms with Crippen LogP contribution in [0.15, 0.2) is 47.2 Å². The maximum Gasteiger partial charge on any atom is 0.138 e.